The molecule has 2 aliphatic heterocycles. The zero-order chi connectivity index (χ0) is 39.4. The van der Waals surface area contributed by atoms with E-state index in [1.54, 1.807) is 0 Å². The second kappa shape index (κ2) is 11.7. The van der Waals surface area contributed by atoms with Crippen LogP contribution in [-0.2, 0) is 12.0 Å². The zero-order valence-corrected chi connectivity index (χ0v) is 35.5. The molecule has 3 aromatic heterocycles. The van der Waals surface area contributed by atoms with Gasteiger partial charge in [0.05, 0.1) is 25.1 Å². The summed E-state index contributed by atoms with van der Waals surface area (Å²) in [7, 11) is -1.64. The lowest BCUT2D eigenvalue weighted by Crippen LogP contribution is -2.51. The van der Waals surface area contributed by atoms with Crippen molar-refractivity contribution in [2.24, 2.45) is 0 Å². The van der Waals surface area contributed by atoms with Crippen molar-refractivity contribution in [3.8, 4) is 28.3 Å². The van der Waals surface area contributed by atoms with Gasteiger partial charge in [0.25, 0.3) is 5.82 Å². The van der Waals surface area contributed by atoms with E-state index >= 15 is 0 Å². The molecule has 9 aromatic rings. The van der Waals surface area contributed by atoms with Crippen molar-refractivity contribution in [2.75, 3.05) is 0 Å². The summed E-state index contributed by atoms with van der Waals surface area (Å²) in [6, 6.07) is 48.7. The molecule has 0 saturated heterocycles. The van der Waals surface area contributed by atoms with Gasteiger partial charge in [-0.15, -0.1) is 0 Å². The van der Waals surface area contributed by atoms with Crippen LogP contribution >= 0.6 is 0 Å². The molecular formula is C53H49N3OSi+2. The van der Waals surface area contributed by atoms with Gasteiger partial charge in [0.15, 0.2) is 23.3 Å². The summed E-state index contributed by atoms with van der Waals surface area (Å²) in [4.78, 5) is 0. The van der Waals surface area contributed by atoms with Crippen molar-refractivity contribution >= 4 is 57.0 Å². The molecule has 1 saturated carbocycles. The molecule has 5 heteroatoms. The minimum atomic E-state index is -1.64. The van der Waals surface area contributed by atoms with Crippen LogP contribution in [0.4, 0.5) is 0 Å². The Balaban J connectivity index is 1.23. The van der Waals surface area contributed by atoms with Crippen LogP contribution in [0.2, 0.25) is 19.6 Å². The summed E-state index contributed by atoms with van der Waals surface area (Å²) in [6.45, 7) is 17.7. The highest BCUT2D eigenvalue weighted by Gasteiger charge is 2.78. The first-order valence-corrected chi connectivity index (χ1v) is 24.8. The first kappa shape index (κ1) is 34.3. The summed E-state index contributed by atoms with van der Waals surface area (Å²) >= 11 is 0. The summed E-state index contributed by atoms with van der Waals surface area (Å²) in [6.07, 6.45) is 2.56. The SMILES string of the molecule is CC(C)c1cccc(C(C)C)c1-n1c2[n+](c3ccccc31)CC1(c3cc4oc5ccccc5c4cc3-2)C2c3ccc4ccccc4c3-c3ccc([Si](C)(C)C)c[n+]3C21. The normalized spacial score (nSPS) is 19.3. The van der Waals surface area contributed by atoms with Gasteiger partial charge in [0.1, 0.15) is 28.8 Å². The third kappa shape index (κ3) is 4.40. The summed E-state index contributed by atoms with van der Waals surface area (Å²) in [5.41, 5.74) is 15.3. The maximum atomic E-state index is 6.80. The van der Waals surface area contributed by atoms with Crippen molar-refractivity contribution in [2.45, 2.75) is 83.1 Å². The minimum Gasteiger partial charge on any atom is -0.456 e. The fourth-order valence-electron chi connectivity index (χ4n) is 11.4. The van der Waals surface area contributed by atoms with Crippen LogP contribution < -0.4 is 14.3 Å². The molecule has 3 aliphatic rings. The van der Waals surface area contributed by atoms with Gasteiger partial charge in [0, 0.05) is 33.2 Å². The number of aromatic nitrogens is 3. The fourth-order valence-corrected chi connectivity index (χ4v) is 12.5. The number of pyridine rings is 1. The van der Waals surface area contributed by atoms with E-state index < -0.39 is 8.07 Å². The average Bonchev–Trinajstić information content (AvgIpc) is 3.56. The summed E-state index contributed by atoms with van der Waals surface area (Å²) in [5, 5.41) is 6.49. The van der Waals surface area contributed by atoms with Crippen LogP contribution in [0.5, 0.6) is 0 Å². The van der Waals surface area contributed by atoms with Crippen LogP contribution in [0, 0.1) is 0 Å². The molecule has 0 N–H and O–H groups in total. The van der Waals surface area contributed by atoms with Crippen molar-refractivity contribution in [3.63, 3.8) is 0 Å². The number of hydrogen-bond acceptors (Lipinski definition) is 1. The number of imidazole rings is 1. The summed E-state index contributed by atoms with van der Waals surface area (Å²) < 4.78 is 14.9. The molecule has 12 rings (SSSR count). The maximum absolute atomic E-state index is 6.80. The van der Waals surface area contributed by atoms with E-state index in [9.17, 15) is 0 Å². The molecule has 5 heterocycles. The Hall–Kier alpha value is -5.78. The van der Waals surface area contributed by atoms with Crippen LogP contribution in [0.3, 0.4) is 0 Å². The van der Waals surface area contributed by atoms with E-state index in [1.165, 1.54) is 88.4 Å². The highest BCUT2D eigenvalue weighted by molar-refractivity contribution is 6.88. The maximum Gasteiger partial charge on any atom is 0.295 e. The van der Waals surface area contributed by atoms with E-state index in [4.69, 9.17) is 4.42 Å². The molecule has 0 bridgehead atoms. The molecular weight excluding hydrogens is 723 g/mol. The Morgan fingerprint density at radius 2 is 1.43 bits per heavy atom. The van der Waals surface area contributed by atoms with Crippen LogP contribution in [0.25, 0.3) is 72.1 Å². The number of rotatable bonds is 4. The number of benzene rings is 6. The predicted molar refractivity (Wildman–Crippen MR) is 240 cm³/mol. The van der Waals surface area contributed by atoms with Gasteiger partial charge in [0.2, 0.25) is 5.69 Å². The van der Waals surface area contributed by atoms with E-state index in [2.05, 4.69) is 195 Å². The van der Waals surface area contributed by atoms with Gasteiger partial charge in [-0.3, -0.25) is 0 Å². The van der Waals surface area contributed by atoms with E-state index in [-0.39, 0.29) is 11.5 Å². The molecule has 3 atom stereocenters. The molecule has 4 nitrogen and oxygen atoms in total. The Kier molecular flexibility index (Phi) is 6.89. The van der Waals surface area contributed by atoms with E-state index in [0.717, 1.165) is 17.7 Å². The molecule has 0 amide bonds. The average molecular weight is 772 g/mol. The van der Waals surface area contributed by atoms with Gasteiger partial charge < -0.3 is 4.42 Å². The predicted octanol–water partition coefficient (Wildman–Crippen LogP) is 12.0. The largest absolute Gasteiger partial charge is 0.456 e. The Bertz CT molecular complexity index is 3200. The molecule has 1 aliphatic carbocycles. The van der Waals surface area contributed by atoms with Crippen LogP contribution in [-0.4, -0.2) is 12.6 Å². The highest BCUT2D eigenvalue weighted by atomic mass is 28.3. The highest BCUT2D eigenvalue weighted by Crippen LogP contribution is 2.72. The molecule has 6 aromatic carbocycles. The molecule has 1 fully saturated rings. The van der Waals surface area contributed by atoms with Crippen molar-refractivity contribution in [1.82, 2.24) is 4.57 Å². The van der Waals surface area contributed by atoms with Crippen LogP contribution in [0.1, 0.15) is 73.7 Å². The number of nitrogens with zero attached hydrogens (tertiary/aromatic N) is 3. The third-order valence-corrected chi connectivity index (χ3v) is 16.1. The lowest BCUT2D eigenvalue weighted by molar-refractivity contribution is -0.710. The molecule has 0 radical (unpaired) electrons. The van der Waals surface area contributed by atoms with E-state index in [0.29, 0.717) is 17.8 Å². The second-order valence-electron chi connectivity index (χ2n) is 19.0. The Morgan fingerprint density at radius 3 is 2.21 bits per heavy atom. The lowest BCUT2D eigenvalue weighted by atomic mass is 9.82. The van der Waals surface area contributed by atoms with Gasteiger partial charge >= 0.3 is 0 Å². The topological polar surface area (TPSA) is 25.8 Å². The molecule has 3 unspecified atom stereocenters. The number of furan rings is 1. The zero-order valence-electron chi connectivity index (χ0n) is 34.5. The molecule has 1 spiro atoms. The standard InChI is InChI=1S/C53H49N3OSi/c1-31(2)35-18-14-19-36(32(3)4)50(35)56-44-21-12-11-20-43(44)55-30-53(42-28-47-40(27-41(42)52(55)56)38-17-10-13-22-46(38)57-47)49-39-25-23-33-15-8-9-16-37(33)48(39)45-26-24-34(58(5,6)7)29-54(45)51(49)53/h8-29,31-32,49,51H,30H2,1-7H3/q+2. The molecule has 58 heavy (non-hydrogen) atoms. The monoisotopic (exact) mass is 771 g/mol. The molecule has 284 valence electrons. The first-order chi connectivity index (χ1) is 28.1. The van der Waals surface area contributed by atoms with Crippen molar-refractivity contribution < 1.29 is 13.6 Å². The van der Waals surface area contributed by atoms with Gasteiger partial charge in [-0.25, -0.2) is 4.57 Å². The van der Waals surface area contributed by atoms with Gasteiger partial charge in [-0.1, -0.05) is 138 Å². The van der Waals surface area contributed by atoms with Crippen molar-refractivity contribution in [1.29, 1.82) is 0 Å². The smallest absolute Gasteiger partial charge is 0.295 e. The minimum absolute atomic E-state index is 0.210. The van der Waals surface area contributed by atoms with Crippen molar-refractivity contribution in [3.05, 3.63) is 156 Å². The number of hydrogen-bond donors (Lipinski definition) is 0. The quantitative estimate of drug-likeness (QED) is 0.129. The number of fused-ring (bicyclic) bond motifs is 19. The van der Waals surface area contributed by atoms with E-state index in [1.807, 2.05) is 0 Å². The Labute approximate surface area is 341 Å². The van der Waals surface area contributed by atoms with Gasteiger partial charge in [-0.2, -0.15) is 9.13 Å². The lowest BCUT2D eigenvalue weighted by Gasteiger charge is -2.25. The fraction of sp³-hybridized carbons (Fsp3) is 0.245. The number of para-hydroxylation sites is 4. The third-order valence-electron chi connectivity index (χ3n) is 14.1. The first-order valence-electron chi connectivity index (χ1n) is 21.3. The Morgan fingerprint density at radius 1 is 0.707 bits per heavy atom. The van der Waals surface area contributed by atoms with Crippen LogP contribution in [0.15, 0.2) is 138 Å². The van der Waals surface area contributed by atoms with Gasteiger partial charge in [-0.05, 0) is 64.1 Å². The second-order valence-corrected chi connectivity index (χ2v) is 24.1. The summed E-state index contributed by atoms with van der Waals surface area (Å²) in [5.74, 6) is 2.28.